The molecule has 5 N–H and O–H groups in total. The fourth-order valence-corrected chi connectivity index (χ4v) is 13.0. The number of hydrogen-bond acceptors (Lipinski definition) is 8. The maximum Gasteiger partial charge on any atom is 0.135 e. The highest BCUT2D eigenvalue weighted by atomic mass is 32.1. The molecule has 0 spiro atoms. The molecule has 0 amide bonds. The van der Waals surface area contributed by atoms with E-state index in [-0.39, 0.29) is 0 Å². The number of furan rings is 1. The lowest BCUT2D eigenvalue weighted by Gasteiger charge is -2.08. The first-order chi connectivity index (χ1) is 45.6. The molecule has 6 nitrogen and oxygen atoms in total. The van der Waals surface area contributed by atoms with Crippen LogP contribution in [0.1, 0.15) is 0 Å². The fourth-order valence-electron chi connectivity index (χ4n) is 10.8. The van der Waals surface area contributed by atoms with Gasteiger partial charge in [-0.2, -0.15) is 0 Å². The topological polar surface area (TPSA) is 73.3 Å². The molecule has 3 aromatic heterocycles. The third-order valence-electron chi connectivity index (χ3n) is 15.2. The monoisotopic (exact) mass is 1220 g/mol. The Balaban J connectivity index is 0.000000106. The SMILES string of the molecule is c1ccc(Nc2ccc3c(c2)sc2ccccc23)cc1.c1ccc(Nc2ccc3oc4ccccc4c3c2)cc1.c1ccc(Nc2ccc3sc4ccccc4c3c2)cc1.c1ccc(Nc2cccc(-c3ccccc3)c2)cc1.c1ccc(Nc2ccccc2)cc1. The number of hydrogen-bond donors (Lipinski definition) is 5. The first kappa shape index (κ1) is 59.3. The summed E-state index contributed by atoms with van der Waals surface area (Å²) in [4.78, 5) is 0. The van der Waals surface area contributed by atoms with E-state index in [1.165, 1.54) is 51.5 Å². The Morgan fingerprint density at radius 2 is 0.489 bits per heavy atom. The Kier molecular flexibility index (Phi) is 19.0. The van der Waals surface area contributed by atoms with Gasteiger partial charge in [0.15, 0.2) is 0 Å². The molecule has 0 atom stereocenters. The summed E-state index contributed by atoms with van der Waals surface area (Å²) in [6.45, 7) is 0. The van der Waals surface area contributed by atoms with E-state index in [0.717, 1.165) is 78.8 Å². The lowest BCUT2D eigenvalue weighted by Crippen LogP contribution is -1.89. The molecule has 8 heteroatoms. The van der Waals surface area contributed by atoms with Crippen molar-refractivity contribution in [2.75, 3.05) is 26.6 Å². The van der Waals surface area contributed by atoms with Gasteiger partial charge in [-0.25, -0.2) is 0 Å². The number of rotatable bonds is 11. The molecule has 0 saturated carbocycles. The van der Waals surface area contributed by atoms with Gasteiger partial charge in [0.1, 0.15) is 11.2 Å². The summed E-state index contributed by atoms with van der Waals surface area (Å²) in [5, 5.41) is 24.7. The predicted molar refractivity (Wildman–Crippen MR) is 399 cm³/mol. The summed E-state index contributed by atoms with van der Waals surface area (Å²) < 4.78 is 11.2. The zero-order chi connectivity index (χ0) is 61.9. The molecular weight excluding hydrogens is 1160 g/mol. The minimum absolute atomic E-state index is 0.921. The number of nitrogens with one attached hydrogen (secondary N) is 5. The average molecular weight is 1220 g/mol. The van der Waals surface area contributed by atoms with E-state index in [0.29, 0.717) is 0 Å². The first-order valence-electron chi connectivity index (χ1n) is 30.6. The standard InChI is InChI=1S/C18H13NO.2C18H13NS.C18H15N.C12H11N/c2*1-2-6-13(7-3-1)19-14-10-11-18-16(12-14)15-8-4-5-9-17(15)20-18;1-2-6-13(7-3-1)19-14-10-11-16-15-8-4-5-9-17(15)20-18(16)12-14;1-3-8-15(9-4-1)16-10-7-13-18(14-16)19-17-11-5-2-6-12-17;1-3-7-11(8-4-1)13-12-9-5-2-6-10-12/h3*1-12,19H;1-14,19H;1-10,13H. The molecule has 0 saturated heterocycles. The van der Waals surface area contributed by atoms with Crippen LogP contribution in [-0.4, -0.2) is 0 Å². The van der Waals surface area contributed by atoms with Gasteiger partial charge < -0.3 is 31.0 Å². The summed E-state index contributed by atoms with van der Waals surface area (Å²) in [6.07, 6.45) is 0. The molecule has 92 heavy (non-hydrogen) atoms. The van der Waals surface area contributed by atoms with Gasteiger partial charge in [0, 0.05) is 108 Å². The Bertz CT molecular complexity index is 4920. The van der Waals surface area contributed by atoms with Crippen molar-refractivity contribution in [2.45, 2.75) is 0 Å². The molecule has 0 aliphatic heterocycles. The van der Waals surface area contributed by atoms with Crippen molar-refractivity contribution in [3.63, 3.8) is 0 Å². The van der Waals surface area contributed by atoms with Crippen LogP contribution in [0.5, 0.6) is 0 Å². The quantitative estimate of drug-likeness (QED) is 0.0889. The Hall–Kier alpha value is -11.7. The molecule has 0 aliphatic rings. The highest BCUT2D eigenvalue weighted by Gasteiger charge is 2.09. The average Bonchev–Trinajstić information content (AvgIpc) is 3.95. The van der Waals surface area contributed by atoms with Crippen LogP contribution in [0.3, 0.4) is 0 Å². The van der Waals surface area contributed by atoms with E-state index < -0.39 is 0 Å². The number of fused-ring (bicyclic) bond motifs is 9. The van der Waals surface area contributed by atoms with Crippen molar-refractivity contribution >= 4 is 142 Å². The van der Waals surface area contributed by atoms with Crippen LogP contribution in [-0.2, 0) is 0 Å². The van der Waals surface area contributed by atoms with Gasteiger partial charge in [0.25, 0.3) is 0 Å². The lowest BCUT2D eigenvalue weighted by atomic mass is 10.1. The smallest absolute Gasteiger partial charge is 0.135 e. The van der Waals surface area contributed by atoms with Crippen molar-refractivity contribution in [1.29, 1.82) is 0 Å². The van der Waals surface area contributed by atoms with E-state index >= 15 is 0 Å². The third-order valence-corrected chi connectivity index (χ3v) is 17.5. The second-order valence-corrected chi connectivity index (χ2v) is 23.9. The van der Waals surface area contributed by atoms with Gasteiger partial charge >= 0.3 is 0 Å². The Morgan fingerprint density at radius 1 is 0.174 bits per heavy atom. The molecular formula is C84H65N5OS2. The highest BCUT2D eigenvalue weighted by molar-refractivity contribution is 7.26. The fraction of sp³-hybridized carbons (Fsp3) is 0. The van der Waals surface area contributed by atoms with Crippen LogP contribution in [0.15, 0.2) is 368 Å². The van der Waals surface area contributed by atoms with Crippen molar-refractivity contribution in [1.82, 2.24) is 0 Å². The van der Waals surface area contributed by atoms with Gasteiger partial charge in [-0.3, -0.25) is 0 Å². The predicted octanol–water partition coefficient (Wildman–Crippen LogP) is 25.5. The largest absolute Gasteiger partial charge is 0.456 e. The Labute approximate surface area is 544 Å². The lowest BCUT2D eigenvalue weighted by molar-refractivity contribution is 0.669. The normalized spacial score (nSPS) is 10.6. The molecule has 14 aromatic carbocycles. The summed E-state index contributed by atoms with van der Waals surface area (Å²) in [7, 11) is 0. The molecule has 444 valence electrons. The van der Waals surface area contributed by atoms with E-state index in [1.54, 1.807) is 0 Å². The number of anilines is 10. The van der Waals surface area contributed by atoms with Crippen molar-refractivity contribution in [2.24, 2.45) is 0 Å². The molecule has 3 heterocycles. The maximum absolute atomic E-state index is 5.83. The second kappa shape index (κ2) is 29.5. The van der Waals surface area contributed by atoms with E-state index in [9.17, 15) is 0 Å². The molecule has 17 aromatic rings. The van der Waals surface area contributed by atoms with Crippen molar-refractivity contribution in [3.05, 3.63) is 364 Å². The molecule has 0 bridgehead atoms. The number of benzene rings is 14. The zero-order valence-electron chi connectivity index (χ0n) is 50.4. The Morgan fingerprint density at radius 3 is 1.00 bits per heavy atom. The van der Waals surface area contributed by atoms with Crippen LogP contribution < -0.4 is 26.6 Å². The summed E-state index contributed by atoms with van der Waals surface area (Å²) in [6, 6.07) is 125. The second-order valence-electron chi connectivity index (χ2n) is 21.7. The van der Waals surface area contributed by atoms with Crippen LogP contribution in [0, 0.1) is 0 Å². The van der Waals surface area contributed by atoms with Gasteiger partial charge in [-0.15, -0.1) is 22.7 Å². The van der Waals surface area contributed by atoms with Gasteiger partial charge in [0.05, 0.1) is 0 Å². The van der Waals surface area contributed by atoms with Crippen LogP contribution in [0.2, 0.25) is 0 Å². The van der Waals surface area contributed by atoms with Crippen LogP contribution in [0.25, 0.3) is 73.4 Å². The van der Waals surface area contributed by atoms with Crippen LogP contribution >= 0.6 is 22.7 Å². The summed E-state index contributed by atoms with van der Waals surface area (Å²) in [5.74, 6) is 0. The molecule has 17 rings (SSSR count). The highest BCUT2D eigenvalue weighted by Crippen LogP contribution is 2.38. The minimum Gasteiger partial charge on any atom is -0.456 e. The van der Waals surface area contributed by atoms with E-state index in [2.05, 4.69) is 221 Å². The third kappa shape index (κ3) is 15.4. The molecule has 0 fully saturated rings. The minimum atomic E-state index is 0.921. The number of thiophene rings is 2. The van der Waals surface area contributed by atoms with Crippen molar-refractivity contribution in [3.8, 4) is 11.1 Å². The molecule has 0 unspecified atom stereocenters. The van der Waals surface area contributed by atoms with Gasteiger partial charge in [-0.05, 0) is 163 Å². The zero-order valence-corrected chi connectivity index (χ0v) is 52.0. The van der Waals surface area contributed by atoms with E-state index in [1.807, 2.05) is 193 Å². The van der Waals surface area contributed by atoms with Gasteiger partial charge in [-0.1, -0.05) is 212 Å². The maximum atomic E-state index is 5.83. The summed E-state index contributed by atoms with van der Waals surface area (Å²) in [5.41, 5.74) is 15.4. The van der Waals surface area contributed by atoms with E-state index in [4.69, 9.17) is 4.42 Å². The van der Waals surface area contributed by atoms with Crippen molar-refractivity contribution < 1.29 is 4.42 Å². The first-order valence-corrected chi connectivity index (χ1v) is 32.3. The summed E-state index contributed by atoms with van der Waals surface area (Å²) >= 11 is 3.70. The van der Waals surface area contributed by atoms with Crippen LogP contribution in [0.4, 0.5) is 56.9 Å². The molecule has 0 aliphatic carbocycles. The molecule has 0 radical (unpaired) electrons. The number of para-hydroxylation sites is 7. The van der Waals surface area contributed by atoms with Gasteiger partial charge in [0.2, 0.25) is 0 Å².